The monoisotopic (exact) mass is 398 g/mol. The van der Waals surface area contributed by atoms with Crippen molar-refractivity contribution >= 4 is 12.1 Å². The zero-order valence-corrected chi connectivity index (χ0v) is 17.6. The van der Waals surface area contributed by atoms with Crippen LogP contribution in [0.1, 0.15) is 89.8 Å². The average Bonchev–Trinajstić information content (AvgIpc) is 2.76. The number of aliphatic hydroxyl groups is 1. The van der Waals surface area contributed by atoms with Gasteiger partial charge in [-0.2, -0.15) is 0 Å². The molecule has 0 bridgehead atoms. The van der Waals surface area contributed by atoms with Crippen LogP contribution in [0, 0.1) is 0 Å². The van der Waals surface area contributed by atoms with E-state index < -0.39 is 0 Å². The molecule has 0 spiro atoms. The van der Waals surface area contributed by atoms with Gasteiger partial charge in [-0.3, -0.25) is 9.59 Å². The number of rotatable bonds is 10. The molecule has 2 aromatic rings. The molecule has 0 saturated heterocycles. The molecule has 2 rings (SSSR count). The van der Waals surface area contributed by atoms with Gasteiger partial charge in [-0.1, -0.05) is 27.7 Å². The first-order valence-electron chi connectivity index (χ1n) is 10.1. The molecule has 0 heterocycles. The number of ketones is 1. The Labute approximate surface area is 172 Å². The molecule has 2 atom stereocenters. The Bertz CT molecular complexity index is 841. The van der Waals surface area contributed by atoms with Crippen LogP contribution in [-0.4, -0.2) is 28.9 Å². The number of phenolic OH excluding ortho intramolecular Hbond substituents is 1. The van der Waals surface area contributed by atoms with Crippen molar-refractivity contribution in [2.75, 3.05) is 6.61 Å². The van der Waals surface area contributed by atoms with Gasteiger partial charge in [-0.05, 0) is 66.1 Å². The van der Waals surface area contributed by atoms with Gasteiger partial charge in [0.2, 0.25) is 0 Å². The largest absolute Gasteiger partial charge is 0.507 e. The number of carbonyl (C=O) groups excluding carboxylic acids is 2. The van der Waals surface area contributed by atoms with E-state index in [4.69, 9.17) is 4.74 Å². The lowest BCUT2D eigenvalue weighted by molar-refractivity contribution is 0.0918. The standard InChI is InChI=1S/C24H30O5/c1-5-15(3)20-10-18(11-21(24(20)28)16(4)6-2)22(27)14-29-23-8-7-17(12-25)9-19(23)13-26/h7-12,15-16,26,28H,5-6,13-14H2,1-4H3. The highest BCUT2D eigenvalue weighted by Crippen LogP contribution is 2.37. The number of aliphatic hydroxyl groups excluding tert-OH is 1. The lowest BCUT2D eigenvalue weighted by Gasteiger charge is -2.20. The summed E-state index contributed by atoms with van der Waals surface area (Å²) in [7, 11) is 0. The molecule has 0 aliphatic carbocycles. The molecular formula is C24H30O5. The van der Waals surface area contributed by atoms with Crippen LogP contribution in [0.2, 0.25) is 0 Å². The summed E-state index contributed by atoms with van der Waals surface area (Å²) in [5.74, 6) is 0.696. The van der Waals surface area contributed by atoms with E-state index in [1.807, 2.05) is 27.7 Å². The predicted octanol–water partition coefficient (Wildman–Crippen LogP) is 4.99. The third-order valence-electron chi connectivity index (χ3n) is 5.53. The molecule has 2 N–H and O–H groups in total. The number of carbonyl (C=O) groups is 2. The highest BCUT2D eigenvalue weighted by atomic mass is 16.5. The molecule has 5 nitrogen and oxygen atoms in total. The number of phenols is 1. The Morgan fingerprint density at radius 3 is 2.14 bits per heavy atom. The molecular weight excluding hydrogens is 368 g/mol. The van der Waals surface area contributed by atoms with Crippen molar-refractivity contribution in [3.8, 4) is 11.5 Å². The van der Waals surface area contributed by atoms with Gasteiger partial charge in [-0.15, -0.1) is 0 Å². The van der Waals surface area contributed by atoms with E-state index in [0.717, 1.165) is 24.0 Å². The summed E-state index contributed by atoms with van der Waals surface area (Å²) >= 11 is 0. The minimum Gasteiger partial charge on any atom is -0.507 e. The maximum absolute atomic E-state index is 12.9. The third-order valence-corrected chi connectivity index (χ3v) is 5.53. The molecule has 0 aliphatic rings. The van der Waals surface area contributed by atoms with Gasteiger partial charge in [0.25, 0.3) is 0 Å². The fraction of sp³-hybridized carbons (Fsp3) is 0.417. The average molecular weight is 398 g/mol. The van der Waals surface area contributed by atoms with Crippen molar-refractivity contribution in [3.63, 3.8) is 0 Å². The SMILES string of the molecule is CCC(C)c1cc(C(=O)COc2ccc(C=O)cc2CO)cc(C(C)CC)c1O. The van der Waals surface area contributed by atoms with Crippen LogP contribution < -0.4 is 4.74 Å². The van der Waals surface area contributed by atoms with Gasteiger partial charge in [0.1, 0.15) is 17.8 Å². The van der Waals surface area contributed by atoms with Gasteiger partial charge in [0.05, 0.1) is 6.61 Å². The third kappa shape index (κ3) is 5.24. The number of benzene rings is 2. The summed E-state index contributed by atoms with van der Waals surface area (Å²) in [4.78, 5) is 23.7. The van der Waals surface area contributed by atoms with Crippen LogP contribution in [0.5, 0.6) is 11.5 Å². The van der Waals surface area contributed by atoms with Crippen molar-refractivity contribution in [3.05, 3.63) is 58.1 Å². The summed E-state index contributed by atoms with van der Waals surface area (Å²) in [6.45, 7) is 7.66. The van der Waals surface area contributed by atoms with Crippen LogP contribution in [0.3, 0.4) is 0 Å². The molecule has 5 heteroatoms. The van der Waals surface area contributed by atoms with E-state index in [9.17, 15) is 19.8 Å². The minimum atomic E-state index is -0.291. The van der Waals surface area contributed by atoms with Crippen LogP contribution in [0.15, 0.2) is 30.3 Å². The summed E-state index contributed by atoms with van der Waals surface area (Å²) in [6.07, 6.45) is 2.40. The molecule has 29 heavy (non-hydrogen) atoms. The van der Waals surface area contributed by atoms with Crippen molar-refractivity contribution < 1.29 is 24.5 Å². The number of aromatic hydroxyl groups is 1. The van der Waals surface area contributed by atoms with E-state index in [0.29, 0.717) is 28.7 Å². The first-order valence-corrected chi connectivity index (χ1v) is 10.1. The number of aldehydes is 1. The van der Waals surface area contributed by atoms with E-state index in [2.05, 4.69) is 0 Å². The second-order valence-electron chi connectivity index (χ2n) is 7.48. The second kappa shape index (κ2) is 10.2. The summed E-state index contributed by atoms with van der Waals surface area (Å²) in [6, 6.07) is 8.20. The highest BCUT2D eigenvalue weighted by molar-refractivity contribution is 5.98. The van der Waals surface area contributed by atoms with Gasteiger partial charge >= 0.3 is 0 Å². The zero-order chi connectivity index (χ0) is 21.6. The summed E-state index contributed by atoms with van der Waals surface area (Å²) in [5.41, 5.74) is 2.94. The Morgan fingerprint density at radius 1 is 1.07 bits per heavy atom. The highest BCUT2D eigenvalue weighted by Gasteiger charge is 2.20. The fourth-order valence-corrected chi connectivity index (χ4v) is 3.20. The zero-order valence-electron chi connectivity index (χ0n) is 17.6. The minimum absolute atomic E-state index is 0.128. The van der Waals surface area contributed by atoms with Crippen LogP contribution in [0.25, 0.3) is 0 Å². The van der Waals surface area contributed by atoms with Crippen molar-refractivity contribution in [1.29, 1.82) is 0 Å². The van der Waals surface area contributed by atoms with Gasteiger partial charge in [-0.25, -0.2) is 0 Å². The molecule has 0 aromatic heterocycles. The molecule has 0 radical (unpaired) electrons. The molecule has 0 amide bonds. The smallest absolute Gasteiger partial charge is 0.200 e. The topological polar surface area (TPSA) is 83.8 Å². The summed E-state index contributed by atoms with van der Waals surface area (Å²) in [5, 5.41) is 20.2. The van der Waals surface area contributed by atoms with Crippen molar-refractivity contribution in [2.24, 2.45) is 0 Å². The molecule has 2 aromatic carbocycles. The number of Topliss-reactive ketones (excluding diaryl/α,β-unsaturated/α-hetero) is 1. The molecule has 0 aliphatic heterocycles. The number of hydrogen-bond donors (Lipinski definition) is 2. The van der Waals surface area contributed by atoms with Gasteiger partial charge in [0, 0.05) is 16.7 Å². The van der Waals surface area contributed by atoms with Crippen LogP contribution in [0.4, 0.5) is 0 Å². The van der Waals surface area contributed by atoms with Gasteiger partial charge in [0.15, 0.2) is 12.4 Å². The predicted molar refractivity (Wildman–Crippen MR) is 113 cm³/mol. The fourth-order valence-electron chi connectivity index (χ4n) is 3.20. The Morgan fingerprint density at radius 2 is 1.66 bits per heavy atom. The Kier molecular flexibility index (Phi) is 7.97. The number of ether oxygens (including phenoxy) is 1. The second-order valence-corrected chi connectivity index (χ2v) is 7.48. The lowest BCUT2D eigenvalue weighted by Crippen LogP contribution is -2.14. The van der Waals surface area contributed by atoms with E-state index in [-0.39, 0.29) is 36.6 Å². The molecule has 2 unspecified atom stereocenters. The van der Waals surface area contributed by atoms with Gasteiger partial charge < -0.3 is 14.9 Å². The quantitative estimate of drug-likeness (QED) is 0.435. The van der Waals surface area contributed by atoms with E-state index in [1.54, 1.807) is 24.3 Å². The first-order chi connectivity index (χ1) is 13.9. The first kappa shape index (κ1) is 22.6. The Balaban J connectivity index is 2.31. The molecule has 156 valence electrons. The maximum Gasteiger partial charge on any atom is 0.200 e. The van der Waals surface area contributed by atoms with Crippen molar-refractivity contribution in [1.82, 2.24) is 0 Å². The van der Waals surface area contributed by atoms with E-state index in [1.165, 1.54) is 6.07 Å². The summed E-state index contributed by atoms with van der Waals surface area (Å²) < 4.78 is 5.64. The normalized spacial score (nSPS) is 13.0. The maximum atomic E-state index is 12.9. The van der Waals surface area contributed by atoms with Crippen LogP contribution in [-0.2, 0) is 6.61 Å². The van der Waals surface area contributed by atoms with Crippen LogP contribution >= 0.6 is 0 Å². The molecule has 0 saturated carbocycles. The molecule has 0 fully saturated rings. The lowest BCUT2D eigenvalue weighted by atomic mass is 9.87. The van der Waals surface area contributed by atoms with Crippen molar-refractivity contribution in [2.45, 2.75) is 59.0 Å². The number of hydrogen-bond acceptors (Lipinski definition) is 5. The van der Waals surface area contributed by atoms with E-state index >= 15 is 0 Å². The Hall–Kier alpha value is -2.66.